The monoisotopic (exact) mass is 295 g/mol. The van der Waals surface area contributed by atoms with Crippen LogP contribution in [0.3, 0.4) is 0 Å². The fraction of sp³-hybridized carbons (Fsp3) is 0.429. The summed E-state index contributed by atoms with van der Waals surface area (Å²) < 4.78 is 5.33. The predicted octanol–water partition coefficient (Wildman–Crippen LogP) is 1.97. The third-order valence-corrected chi connectivity index (χ3v) is 4.30. The number of nitrogens with one attached hydrogen (secondary N) is 1. The molecule has 0 fully saturated rings. The quantitative estimate of drug-likeness (QED) is 0.814. The molecule has 5 nitrogen and oxygen atoms in total. The van der Waals surface area contributed by atoms with Gasteiger partial charge >= 0.3 is 5.97 Å². The van der Waals surface area contributed by atoms with E-state index in [2.05, 4.69) is 5.32 Å². The van der Waals surface area contributed by atoms with Crippen molar-refractivity contribution in [2.45, 2.75) is 32.4 Å². The van der Waals surface area contributed by atoms with Crippen LogP contribution in [-0.2, 0) is 22.6 Å². The zero-order chi connectivity index (χ0) is 14.5. The van der Waals surface area contributed by atoms with Crippen LogP contribution >= 0.6 is 11.3 Å². The topological polar surface area (TPSA) is 75.6 Å². The summed E-state index contributed by atoms with van der Waals surface area (Å²) in [6, 6.07) is 0.900. The number of rotatable bonds is 5. The van der Waals surface area contributed by atoms with Crippen molar-refractivity contribution in [2.24, 2.45) is 0 Å². The molecular weight excluding hydrogens is 278 g/mol. The minimum absolute atomic E-state index is 0.284. The molecule has 0 radical (unpaired) electrons. The van der Waals surface area contributed by atoms with E-state index in [4.69, 9.17) is 9.84 Å². The Kier molecular flexibility index (Phi) is 4.92. The molecule has 1 aromatic rings. The molecule has 2 heterocycles. The van der Waals surface area contributed by atoms with Crippen LogP contribution in [0.2, 0.25) is 0 Å². The number of carbonyl (C=O) groups is 2. The van der Waals surface area contributed by atoms with Gasteiger partial charge in [0.05, 0.1) is 18.1 Å². The van der Waals surface area contributed by atoms with Crippen LogP contribution in [0.1, 0.15) is 33.5 Å². The summed E-state index contributed by atoms with van der Waals surface area (Å²) in [7, 11) is 0. The second-order valence-electron chi connectivity index (χ2n) is 4.53. The Hall–Kier alpha value is -1.66. The van der Waals surface area contributed by atoms with Crippen molar-refractivity contribution in [1.82, 2.24) is 5.32 Å². The molecule has 108 valence electrons. The number of ether oxygens (including phenoxy) is 1. The van der Waals surface area contributed by atoms with Crippen molar-refractivity contribution in [2.75, 3.05) is 6.61 Å². The van der Waals surface area contributed by atoms with Gasteiger partial charge in [-0.2, -0.15) is 0 Å². The van der Waals surface area contributed by atoms with Crippen LogP contribution in [0, 0.1) is 0 Å². The van der Waals surface area contributed by atoms with E-state index in [1.165, 1.54) is 11.3 Å². The first-order valence-electron chi connectivity index (χ1n) is 6.46. The van der Waals surface area contributed by atoms with E-state index >= 15 is 0 Å². The number of hydrogen-bond acceptors (Lipinski definition) is 4. The summed E-state index contributed by atoms with van der Waals surface area (Å²) in [5, 5.41) is 11.6. The lowest BCUT2D eigenvalue weighted by molar-refractivity contribution is -0.139. The van der Waals surface area contributed by atoms with Crippen molar-refractivity contribution in [3.8, 4) is 0 Å². The molecule has 0 aromatic carbocycles. The van der Waals surface area contributed by atoms with Gasteiger partial charge in [-0.25, -0.2) is 4.79 Å². The molecule has 2 rings (SSSR count). The molecule has 20 heavy (non-hydrogen) atoms. The second-order valence-corrected chi connectivity index (χ2v) is 5.67. The molecule has 1 unspecified atom stereocenters. The van der Waals surface area contributed by atoms with E-state index < -0.39 is 12.0 Å². The Morgan fingerprint density at radius 3 is 3.05 bits per heavy atom. The van der Waals surface area contributed by atoms with Crippen LogP contribution in [-0.4, -0.2) is 29.6 Å². The molecular formula is C14H17NO4S. The fourth-order valence-electron chi connectivity index (χ4n) is 1.98. The highest BCUT2D eigenvalue weighted by molar-refractivity contribution is 7.14. The van der Waals surface area contributed by atoms with Crippen molar-refractivity contribution >= 4 is 23.2 Å². The maximum absolute atomic E-state index is 12.1. The summed E-state index contributed by atoms with van der Waals surface area (Å²) >= 11 is 1.42. The zero-order valence-electron chi connectivity index (χ0n) is 11.2. The van der Waals surface area contributed by atoms with Gasteiger partial charge in [0, 0.05) is 11.3 Å². The van der Waals surface area contributed by atoms with Crippen LogP contribution < -0.4 is 5.32 Å². The average Bonchev–Trinajstić information content (AvgIpc) is 2.86. The molecule has 1 aliphatic heterocycles. The van der Waals surface area contributed by atoms with Crippen molar-refractivity contribution in [1.29, 1.82) is 0 Å². The number of carboxylic acid groups (broad SMARTS) is 1. The highest BCUT2D eigenvalue weighted by Crippen LogP contribution is 2.26. The van der Waals surface area contributed by atoms with Crippen LogP contribution in [0.15, 0.2) is 18.2 Å². The molecule has 1 atom stereocenters. The normalized spacial score (nSPS) is 15.8. The van der Waals surface area contributed by atoms with Crippen molar-refractivity contribution < 1.29 is 19.4 Å². The molecule has 1 aromatic heterocycles. The lowest BCUT2D eigenvalue weighted by Crippen LogP contribution is -2.40. The fourth-order valence-corrected chi connectivity index (χ4v) is 3.03. The smallest absolute Gasteiger partial charge is 0.326 e. The Bertz CT molecular complexity index is 512. The summed E-state index contributed by atoms with van der Waals surface area (Å²) in [4.78, 5) is 24.9. The zero-order valence-corrected chi connectivity index (χ0v) is 12.0. The molecule has 0 spiro atoms. The van der Waals surface area contributed by atoms with Gasteiger partial charge in [-0.3, -0.25) is 4.79 Å². The van der Waals surface area contributed by atoms with E-state index in [1.807, 2.05) is 6.92 Å². The molecule has 1 amide bonds. The molecule has 1 aliphatic rings. The Balaban J connectivity index is 2.06. The predicted molar refractivity (Wildman–Crippen MR) is 76.0 cm³/mol. The van der Waals surface area contributed by atoms with Crippen LogP contribution in [0.25, 0.3) is 0 Å². The number of thiophene rings is 1. The minimum Gasteiger partial charge on any atom is -0.480 e. The minimum atomic E-state index is -1.03. The summed E-state index contributed by atoms with van der Waals surface area (Å²) in [6.45, 7) is 3.02. The molecule has 2 N–H and O–H groups in total. The van der Waals surface area contributed by atoms with Gasteiger partial charge in [-0.05, 0) is 25.0 Å². The summed E-state index contributed by atoms with van der Waals surface area (Å²) in [5.74, 6) is -1.36. The van der Waals surface area contributed by atoms with Crippen molar-refractivity contribution in [3.05, 3.63) is 33.5 Å². The Morgan fingerprint density at radius 2 is 2.40 bits per heavy atom. The summed E-state index contributed by atoms with van der Waals surface area (Å²) in [5.41, 5.74) is 1.03. The standard InChI is InChI=1S/C14H17NO4S/c1-2-3-4-10(14(17)18)15-13(16)12-7-9-8-19-6-5-11(9)20-12/h2-3,7,10H,4-6,8H2,1H3,(H,15,16)(H,17,18)/b3-2+. The Labute approximate surface area is 121 Å². The highest BCUT2D eigenvalue weighted by Gasteiger charge is 2.22. The second kappa shape index (κ2) is 6.67. The maximum Gasteiger partial charge on any atom is 0.326 e. The number of aliphatic carboxylic acids is 1. The van der Waals surface area contributed by atoms with Crippen LogP contribution in [0.4, 0.5) is 0 Å². The van der Waals surface area contributed by atoms with E-state index in [9.17, 15) is 9.59 Å². The van der Waals surface area contributed by atoms with Crippen molar-refractivity contribution in [3.63, 3.8) is 0 Å². The lowest BCUT2D eigenvalue weighted by atomic mass is 10.1. The first-order valence-corrected chi connectivity index (χ1v) is 7.27. The molecule has 0 aliphatic carbocycles. The first kappa shape index (κ1) is 14.7. The SMILES string of the molecule is C/C=C/CC(NC(=O)c1cc2c(s1)CCOC2)C(=O)O. The number of hydrogen-bond donors (Lipinski definition) is 2. The van der Waals surface area contributed by atoms with Gasteiger partial charge in [0.15, 0.2) is 0 Å². The van der Waals surface area contributed by atoms with E-state index in [1.54, 1.807) is 18.2 Å². The number of amides is 1. The number of allylic oxidation sites excluding steroid dienone is 1. The van der Waals surface area contributed by atoms with Gasteiger partial charge in [0.1, 0.15) is 6.04 Å². The van der Waals surface area contributed by atoms with E-state index in [-0.39, 0.29) is 12.3 Å². The van der Waals surface area contributed by atoms with Gasteiger partial charge in [-0.1, -0.05) is 12.2 Å². The lowest BCUT2D eigenvalue weighted by Gasteiger charge is -2.11. The van der Waals surface area contributed by atoms with Gasteiger partial charge in [0.2, 0.25) is 0 Å². The maximum atomic E-state index is 12.1. The largest absolute Gasteiger partial charge is 0.480 e. The van der Waals surface area contributed by atoms with Gasteiger partial charge in [-0.15, -0.1) is 11.3 Å². The van der Waals surface area contributed by atoms with Crippen LogP contribution in [0.5, 0.6) is 0 Å². The summed E-state index contributed by atoms with van der Waals surface area (Å²) in [6.07, 6.45) is 4.59. The van der Waals surface area contributed by atoms with E-state index in [0.717, 1.165) is 16.9 Å². The van der Waals surface area contributed by atoms with E-state index in [0.29, 0.717) is 18.1 Å². The Morgan fingerprint density at radius 1 is 1.60 bits per heavy atom. The molecule has 6 heteroatoms. The number of carboxylic acids is 1. The number of fused-ring (bicyclic) bond motifs is 1. The third-order valence-electron chi connectivity index (χ3n) is 3.06. The molecule has 0 saturated heterocycles. The third kappa shape index (κ3) is 3.46. The molecule has 0 saturated carbocycles. The molecule has 0 bridgehead atoms. The van der Waals surface area contributed by atoms with Gasteiger partial charge < -0.3 is 15.2 Å². The average molecular weight is 295 g/mol. The first-order chi connectivity index (χ1) is 9.61. The number of carbonyl (C=O) groups excluding carboxylic acids is 1. The van der Waals surface area contributed by atoms with Gasteiger partial charge in [0.25, 0.3) is 5.91 Å². The highest BCUT2D eigenvalue weighted by atomic mass is 32.1.